The molecule has 0 fully saturated rings. The summed E-state index contributed by atoms with van der Waals surface area (Å²) in [6.45, 7) is 2.21. The maximum atomic E-state index is 12.9. The highest BCUT2D eigenvalue weighted by atomic mass is 35.5. The number of carbonyl (C=O) groups excluding carboxylic acids is 1. The van der Waals surface area contributed by atoms with Crippen molar-refractivity contribution in [1.29, 1.82) is 5.26 Å². The number of anilines is 1. The molecule has 0 bridgehead atoms. The first-order valence-corrected chi connectivity index (χ1v) is 9.76. The number of nitrogens with one attached hydrogen (secondary N) is 1. The number of amides is 1. The molecule has 136 valence electrons. The Labute approximate surface area is 165 Å². The second-order valence-corrected chi connectivity index (χ2v) is 8.17. The zero-order valence-electron chi connectivity index (χ0n) is 14.6. The van der Waals surface area contributed by atoms with Crippen molar-refractivity contribution in [2.24, 2.45) is 5.92 Å². The molecule has 27 heavy (non-hydrogen) atoms. The number of aromatic nitrogens is 3. The molecule has 8 heteroatoms. The van der Waals surface area contributed by atoms with Gasteiger partial charge in [-0.2, -0.15) is 5.26 Å². The summed E-state index contributed by atoms with van der Waals surface area (Å²) in [6, 6.07) is 7.40. The summed E-state index contributed by atoms with van der Waals surface area (Å²) in [6.07, 6.45) is 6.00. The number of carbonyl (C=O) groups is 1. The maximum absolute atomic E-state index is 12.9. The molecule has 0 saturated heterocycles. The molecular weight excluding hydrogens is 382 g/mol. The fraction of sp³-hybridized carbons (Fsp3) is 0.263. The maximum Gasteiger partial charge on any atom is 0.257 e. The number of thiophene rings is 1. The molecule has 1 unspecified atom stereocenters. The van der Waals surface area contributed by atoms with Crippen LogP contribution < -0.4 is 5.32 Å². The molecule has 1 aromatic carbocycles. The van der Waals surface area contributed by atoms with Gasteiger partial charge in [-0.25, -0.2) is 0 Å². The zero-order valence-corrected chi connectivity index (χ0v) is 16.1. The molecule has 4 rings (SSSR count). The monoisotopic (exact) mass is 397 g/mol. The van der Waals surface area contributed by atoms with E-state index in [0.717, 1.165) is 30.5 Å². The summed E-state index contributed by atoms with van der Waals surface area (Å²) in [5.74, 6) is 0.263. The summed E-state index contributed by atoms with van der Waals surface area (Å²) >= 11 is 7.75. The van der Waals surface area contributed by atoms with Crippen molar-refractivity contribution in [3.8, 4) is 11.8 Å². The fourth-order valence-electron chi connectivity index (χ4n) is 3.31. The third kappa shape index (κ3) is 3.34. The molecule has 2 heterocycles. The number of benzene rings is 1. The van der Waals surface area contributed by atoms with E-state index in [4.69, 9.17) is 11.6 Å². The molecule has 0 saturated carbocycles. The molecule has 0 aliphatic heterocycles. The van der Waals surface area contributed by atoms with Gasteiger partial charge in [0.2, 0.25) is 0 Å². The molecule has 6 nitrogen and oxygen atoms in total. The van der Waals surface area contributed by atoms with Gasteiger partial charge in [0.15, 0.2) is 0 Å². The average Bonchev–Trinajstić information content (AvgIpc) is 3.29. The Morgan fingerprint density at radius 3 is 2.93 bits per heavy atom. The normalized spacial score (nSPS) is 15.8. The number of nitrogens with zero attached hydrogens (tertiary/aromatic N) is 4. The van der Waals surface area contributed by atoms with Crippen molar-refractivity contribution >= 4 is 33.8 Å². The van der Waals surface area contributed by atoms with Crippen LogP contribution >= 0.6 is 22.9 Å². The van der Waals surface area contributed by atoms with E-state index in [9.17, 15) is 10.1 Å². The lowest BCUT2D eigenvalue weighted by Gasteiger charge is -2.17. The molecule has 1 aliphatic carbocycles. The van der Waals surface area contributed by atoms with Gasteiger partial charge in [0.05, 0.1) is 16.1 Å². The summed E-state index contributed by atoms with van der Waals surface area (Å²) in [5, 5.41) is 21.0. The van der Waals surface area contributed by atoms with Crippen LogP contribution in [0.15, 0.2) is 30.9 Å². The minimum Gasteiger partial charge on any atom is -0.312 e. The number of nitriles is 1. The molecule has 0 spiro atoms. The van der Waals surface area contributed by atoms with Gasteiger partial charge < -0.3 is 5.32 Å². The summed E-state index contributed by atoms with van der Waals surface area (Å²) in [5.41, 5.74) is 2.74. The van der Waals surface area contributed by atoms with E-state index in [0.29, 0.717) is 27.1 Å². The van der Waals surface area contributed by atoms with Crippen LogP contribution in [0.1, 0.15) is 39.7 Å². The van der Waals surface area contributed by atoms with Crippen LogP contribution in [0.3, 0.4) is 0 Å². The van der Waals surface area contributed by atoms with Crippen LogP contribution in [0.5, 0.6) is 0 Å². The van der Waals surface area contributed by atoms with E-state index in [1.807, 2.05) is 0 Å². The highest BCUT2D eigenvalue weighted by molar-refractivity contribution is 7.16. The number of rotatable bonds is 3. The lowest BCUT2D eigenvalue weighted by atomic mass is 9.88. The molecule has 2 aromatic heterocycles. The summed E-state index contributed by atoms with van der Waals surface area (Å²) in [4.78, 5) is 14.1. The SMILES string of the molecule is CC1CCc2c(sc(NC(=O)c3cc(-n4cnnc4)ccc3Cl)c2C#N)C1. The van der Waals surface area contributed by atoms with Gasteiger partial charge in [0, 0.05) is 10.6 Å². The summed E-state index contributed by atoms with van der Waals surface area (Å²) < 4.78 is 1.69. The predicted molar refractivity (Wildman–Crippen MR) is 105 cm³/mol. The van der Waals surface area contributed by atoms with Crippen molar-refractivity contribution in [2.45, 2.75) is 26.2 Å². The Bertz CT molecular complexity index is 1050. The molecule has 1 atom stereocenters. The average molecular weight is 398 g/mol. The Morgan fingerprint density at radius 2 is 2.19 bits per heavy atom. The minimum atomic E-state index is -0.335. The van der Waals surface area contributed by atoms with E-state index in [1.54, 1.807) is 35.4 Å². The molecular formula is C19H16ClN5OS. The van der Waals surface area contributed by atoms with E-state index in [2.05, 4.69) is 28.5 Å². The van der Waals surface area contributed by atoms with Gasteiger partial charge in [-0.3, -0.25) is 9.36 Å². The summed E-state index contributed by atoms with van der Waals surface area (Å²) in [7, 11) is 0. The first-order chi connectivity index (χ1) is 13.1. The third-order valence-corrected chi connectivity index (χ3v) is 6.26. The Kier molecular flexibility index (Phi) is 4.68. The lowest BCUT2D eigenvalue weighted by Crippen LogP contribution is -2.13. The quantitative estimate of drug-likeness (QED) is 0.716. The van der Waals surface area contributed by atoms with E-state index >= 15 is 0 Å². The highest BCUT2D eigenvalue weighted by Crippen LogP contribution is 2.39. The molecule has 1 amide bonds. The van der Waals surface area contributed by atoms with Crippen LogP contribution in [0.25, 0.3) is 5.69 Å². The van der Waals surface area contributed by atoms with Crippen LogP contribution in [0, 0.1) is 17.2 Å². The van der Waals surface area contributed by atoms with Gasteiger partial charge in [-0.15, -0.1) is 21.5 Å². The third-order valence-electron chi connectivity index (χ3n) is 4.76. The second-order valence-electron chi connectivity index (χ2n) is 6.66. The highest BCUT2D eigenvalue weighted by Gasteiger charge is 2.25. The van der Waals surface area contributed by atoms with Crippen LogP contribution in [-0.4, -0.2) is 20.7 Å². The van der Waals surface area contributed by atoms with E-state index in [1.165, 1.54) is 16.2 Å². The standard InChI is InChI=1S/C19H16ClN5OS/c1-11-2-4-13-15(8-21)19(27-17(13)6-11)24-18(26)14-7-12(3-5-16(14)20)25-9-22-23-10-25/h3,5,7,9-11H,2,4,6H2,1H3,(H,24,26). The fourth-order valence-corrected chi connectivity index (χ4v) is 4.87. The van der Waals surface area contributed by atoms with Crippen LogP contribution in [0.4, 0.5) is 5.00 Å². The number of fused-ring (bicyclic) bond motifs is 1. The van der Waals surface area contributed by atoms with E-state index < -0.39 is 0 Å². The van der Waals surface area contributed by atoms with Crippen LogP contribution in [-0.2, 0) is 12.8 Å². The van der Waals surface area contributed by atoms with Crippen molar-refractivity contribution in [2.75, 3.05) is 5.32 Å². The largest absolute Gasteiger partial charge is 0.312 e. The number of hydrogen-bond acceptors (Lipinski definition) is 5. The first kappa shape index (κ1) is 17.7. The number of halogens is 1. The van der Waals surface area contributed by atoms with Gasteiger partial charge in [-0.05, 0) is 48.9 Å². The Balaban J connectivity index is 1.66. The zero-order chi connectivity index (χ0) is 19.0. The van der Waals surface area contributed by atoms with Gasteiger partial charge >= 0.3 is 0 Å². The Morgan fingerprint density at radius 1 is 1.41 bits per heavy atom. The minimum absolute atomic E-state index is 0.335. The predicted octanol–water partition coefficient (Wildman–Crippen LogP) is 4.23. The van der Waals surface area contributed by atoms with Gasteiger partial charge in [-0.1, -0.05) is 18.5 Å². The first-order valence-electron chi connectivity index (χ1n) is 8.57. The topological polar surface area (TPSA) is 83.6 Å². The van der Waals surface area contributed by atoms with Crippen molar-refractivity contribution in [1.82, 2.24) is 14.8 Å². The molecule has 1 aliphatic rings. The second kappa shape index (κ2) is 7.14. The number of hydrogen-bond donors (Lipinski definition) is 1. The van der Waals surface area contributed by atoms with Gasteiger partial charge in [0.1, 0.15) is 23.7 Å². The van der Waals surface area contributed by atoms with Gasteiger partial charge in [0.25, 0.3) is 5.91 Å². The molecule has 0 radical (unpaired) electrons. The van der Waals surface area contributed by atoms with Crippen LogP contribution in [0.2, 0.25) is 5.02 Å². The van der Waals surface area contributed by atoms with E-state index in [-0.39, 0.29) is 5.91 Å². The van der Waals surface area contributed by atoms with Crippen molar-refractivity contribution in [3.05, 3.63) is 57.4 Å². The molecule has 3 aromatic rings. The smallest absolute Gasteiger partial charge is 0.257 e. The molecule has 1 N–H and O–H groups in total. The Hall–Kier alpha value is -2.69. The lowest BCUT2D eigenvalue weighted by molar-refractivity contribution is 0.102. The van der Waals surface area contributed by atoms with Crippen molar-refractivity contribution in [3.63, 3.8) is 0 Å². The van der Waals surface area contributed by atoms with Crippen molar-refractivity contribution < 1.29 is 4.79 Å².